The van der Waals surface area contributed by atoms with Crippen LogP contribution in [0.4, 0.5) is 5.69 Å². The Kier molecular flexibility index (Phi) is 5.29. The molecule has 0 fully saturated rings. The fraction of sp³-hybridized carbons (Fsp3) is 0.571. The summed E-state index contributed by atoms with van der Waals surface area (Å²) in [6.07, 6.45) is 0. The summed E-state index contributed by atoms with van der Waals surface area (Å²) in [5.74, 6) is 0.605. The van der Waals surface area contributed by atoms with E-state index in [2.05, 4.69) is 50.2 Å². The van der Waals surface area contributed by atoms with Crippen LogP contribution in [0.15, 0.2) is 18.2 Å². The van der Waals surface area contributed by atoms with Crippen LogP contribution in [0, 0.1) is 5.92 Å². The van der Waals surface area contributed by atoms with Crippen molar-refractivity contribution < 1.29 is 0 Å². The normalized spacial score (nSPS) is 12.9. The molecule has 96 valence electrons. The van der Waals surface area contributed by atoms with Crippen molar-refractivity contribution in [2.75, 3.05) is 19.0 Å². The van der Waals surface area contributed by atoms with Crippen LogP contribution in [-0.2, 0) is 6.54 Å². The van der Waals surface area contributed by atoms with Gasteiger partial charge in [0, 0.05) is 19.6 Å². The summed E-state index contributed by atoms with van der Waals surface area (Å²) in [6, 6.07) is 6.74. The largest absolute Gasteiger partial charge is 0.370 e. The lowest BCUT2D eigenvalue weighted by Gasteiger charge is -2.30. The van der Waals surface area contributed by atoms with Gasteiger partial charge < -0.3 is 10.2 Å². The van der Waals surface area contributed by atoms with E-state index in [1.807, 2.05) is 13.1 Å². The zero-order valence-corrected chi connectivity index (χ0v) is 12.2. The minimum Gasteiger partial charge on any atom is -0.370 e. The lowest BCUT2D eigenvalue weighted by Crippen LogP contribution is -2.33. The summed E-state index contributed by atoms with van der Waals surface area (Å²) < 4.78 is 0. The van der Waals surface area contributed by atoms with Crippen LogP contribution < -0.4 is 10.2 Å². The van der Waals surface area contributed by atoms with E-state index in [1.54, 1.807) is 0 Å². The summed E-state index contributed by atoms with van der Waals surface area (Å²) in [5.41, 5.74) is 2.32. The molecule has 0 aliphatic heterocycles. The van der Waals surface area contributed by atoms with Crippen molar-refractivity contribution in [3.8, 4) is 0 Å². The molecule has 1 rings (SSSR count). The third-order valence-corrected chi connectivity index (χ3v) is 3.65. The predicted octanol–water partition coefficient (Wildman–Crippen LogP) is 3.54. The summed E-state index contributed by atoms with van der Waals surface area (Å²) in [4.78, 5) is 2.25. The van der Waals surface area contributed by atoms with E-state index in [9.17, 15) is 0 Å². The molecule has 0 bridgehead atoms. The zero-order chi connectivity index (χ0) is 13.0. The third kappa shape index (κ3) is 3.62. The maximum Gasteiger partial charge on any atom is 0.0642 e. The van der Waals surface area contributed by atoms with Gasteiger partial charge in [0.25, 0.3) is 0 Å². The van der Waals surface area contributed by atoms with Crippen molar-refractivity contribution in [2.24, 2.45) is 5.92 Å². The minimum absolute atomic E-state index is 0.475. The number of halogens is 1. The van der Waals surface area contributed by atoms with Crippen molar-refractivity contribution in [2.45, 2.75) is 33.4 Å². The summed E-state index contributed by atoms with van der Waals surface area (Å²) >= 11 is 6.34. The Labute approximate surface area is 110 Å². The van der Waals surface area contributed by atoms with Crippen LogP contribution in [0.2, 0.25) is 5.02 Å². The SMILES string of the molecule is CNCc1ccc(N(C)C(C)C(C)C)c(Cl)c1. The molecule has 0 saturated carbocycles. The second kappa shape index (κ2) is 6.27. The van der Waals surface area contributed by atoms with Crippen LogP contribution in [0.5, 0.6) is 0 Å². The first-order valence-corrected chi connectivity index (χ1v) is 6.51. The van der Waals surface area contributed by atoms with Crippen molar-refractivity contribution in [1.82, 2.24) is 5.32 Å². The number of hydrogen-bond acceptors (Lipinski definition) is 2. The number of nitrogens with one attached hydrogen (secondary N) is 1. The molecule has 0 aliphatic carbocycles. The molecule has 1 aromatic rings. The third-order valence-electron chi connectivity index (χ3n) is 3.35. The molecule has 1 atom stereocenters. The highest BCUT2D eigenvalue weighted by molar-refractivity contribution is 6.33. The van der Waals surface area contributed by atoms with Gasteiger partial charge in [-0.15, -0.1) is 0 Å². The zero-order valence-electron chi connectivity index (χ0n) is 11.4. The van der Waals surface area contributed by atoms with Crippen molar-refractivity contribution in [1.29, 1.82) is 0 Å². The van der Waals surface area contributed by atoms with Crippen LogP contribution in [-0.4, -0.2) is 20.1 Å². The molecule has 0 spiro atoms. The lowest BCUT2D eigenvalue weighted by atomic mass is 10.0. The van der Waals surface area contributed by atoms with Gasteiger partial charge in [-0.1, -0.05) is 31.5 Å². The number of nitrogens with zero attached hydrogens (tertiary/aromatic N) is 1. The van der Waals surface area contributed by atoms with E-state index in [0.29, 0.717) is 12.0 Å². The van der Waals surface area contributed by atoms with Gasteiger partial charge in [0.2, 0.25) is 0 Å². The Morgan fingerprint density at radius 3 is 2.41 bits per heavy atom. The summed E-state index contributed by atoms with van der Waals surface area (Å²) in [6.45, 7) is 7.53. The Morgan fingerprint density at radius 1 is 1.29 bits per heavy atom. The van der Waals surface area contributed by atoms with E-state index >= 15 is 0 Å². The molecular weight excluding hydrogens is 232 g/mol. The fourth-order valence-corrected chi connectivity index (χ4v) is 2.15. The molecule has 3 heteroatoms. The molecule has 0 saturated heterocycles. The quantitative estimate of drug-likeness (QED) is 0.865. The molecule has 2 nitrogen and oxygen atoms in total. The van der Waals surface area contributed by atoms with E-state index in [0.717, 1.165) is 17.3 Å². The molecule has 0 radical (unpaired) electrons. The highest BCUT2D eigenvalue weighted by Crippen LogP contribution is 2.28. The Morgan fingerprint density at radius 2 is 1.94 bits per heavy atom. The molecule has 0 heterocycles. The number of anilines is 1. The highest BCUT2D eigenvalue weighted by atomic mass is 35.5. The highest BCUT2D eigenvalue weighted by Gasteiger charge is 2.15. The molecule has 0 amide bonds. The van der Waals surface area contributed by atoms with Crippen molar-refractivity contribution in [3.05, 3.63) is 28.8 Å². The van der Waals surface area contributed by atoms with Gasteiger partial charge in [-0.05, 0) is 37.6 Å². The molecule has 17 heavy (non-hydrogen) atoms. The van der Waals surface area contributed by atoms with E-state index < -0.39 is 0 Å². The average molecular weight is 255 g/mol. The number of rotatable bonds is 5. The summed E-state index contributed by atoms with van der Waals surface area (Å²) in [5, 5.41) is 3.96. The average Bonchev–Trinajstić information content (AvgIpc) is 2.27. The van der Waals surface area contributed by atoms with Gasteiger partial charge >= 0.3 is 0 Å². The second-order valence-electron chi connectivity index (χ2n) is 4.91. The van der Waals surface area contributed by atoms with E-state index in [-0.39, 0.29) is 0 Å². The van der Waals surface area contributed by atoms with Gasteiger partial charge in [0.1, 0.15) is 0 Å². The Balaban J connectivity index is 2.91. The smallest absolute Gasteiger partial charge is 0.0642 e. The fourth-order valence-electron chi connectivity index (χ4n) is 1.82. The Hall–Kier alpha value is -0.730. The first kappa shape index (κ1) is 14.3. The van der Waals surface area contributed by atoms with E-state index in [1.165, 1.54) is 5.56 Å². The maximum absolute atomic E-state index is 6.34. The second-order valence-corrected chi connectivity index (χ2v) is 5.32. The van der Waals surface area contributed by atoms with Gasteiger partial charge in [-0.25, -0.2) is 0 Å². The van der Waals surface area contributed by atoms with Crippen LogP contribution in [0.3, 0.4) is 0 Å². The summed E-state index contributed by atoms with van der Waals surface area (Å²) in [7, 11) is 4.04. The van der Waals surface area contributed by atoms with E-state index in [4.69, 9.17) is 11.6 Å². The predicted molar refractivity (Wildman–Crippen MR) is 76.9 cm³/mol. The van der Waals surface area contributed by atoms with Crippen LogP contribution in [0.1, 0.15) is 26.3 Å². The molecular formula is C14H23ClN2. The monoisotopic (exact) mass is 254 g/mol. The van der Waals surface area contributed by atoms with Crippen LogP contribution in [0.25, 0.3) is 0 Å². The van der Waals surface area contributed by atoms with Crippen LogP contribution >= 0.6 is 11.6 Å². The van der Waals surface area contributed by atoms with Crippen molar-refractivity contribution in [3.63, 3.8) is 0 Å². The van der Waals surface area contributed by atoms with Gasteiger partial charge in [0.05, 0.1) is 10.7 Å². The molecule has 1 N–H and O–H groups in total. The molecule has 0 aromatic heterocycles. The Bertz CT molecular complexity index is 363. The first-order chi connectivity index (χ1) is 7.97. The first-order valence-electron chi connectivity index (χ1n) is 6.13. The van der Waals surface area contributed by atoms with Gasteiger partial charge in [0.15, 0.2) is 0 Å². The minimum atomic E-state index is 0.475. The maximum atomic E-state index is 6.34. The topological polar surface area (TPSA) is 15.3 Å². The lowest BCUT2D eigenvalue weighted by molar-refractivity contribution is 0.505. The number of hydrogen-bond donors (Lipinski definition) is 1. The van der Waals surface area contributed by atoms with Gasteiger partial charge in [-0.3, -0.25) is 0 Å². The molecule has 1 aromatic carbocycles. The molecule has 1 unspecified atom stereocenters. The standard InChI is InChI=1S/C14H23ClN2/c1-10(2)11(3)17(5)14-7-6-12(9-16-4)8-13(14)15/h6-8,10-11,16H,9H2,1-5H3. The van der Waals surface area contributed by atoms with Gasteiger partial charge in [-0.2, -0.15) is 0 Å². The van der Waals surface area contributed by atoms with Crippen molar-refractivity contribution >= 4 is 17.3 Å². The molecule has 0 aliphatic rings. The number of benzene rings is 1.